The van der Waals surface area contributed by atoms with Crippen molar-refractivity contribution in [3.63, 3.8) is 0 Å². The molecule has 17 heavy (non-hydrogen) atoms. The van der Waals surface area contributed by atoms with E-state index < -0.39 is 0 Å². The van der Waals surface area contributed by atoms with Crippen LogP contribution in [0, 0.1) is 0 Å². The first kappa shape index (κ1) is 15.7. The SMILES string of the molecule is C=CC(=O)N(CCCOC(=O)CCC)C(C)C. The fraction of sp³-hybridized carbons (Fsp3) is 0.692. The summed E-state index contributed by atoms with van der Waals surface area (Å²) in [6.45, 7) is 10.3. The molecule has 4 heteroatoms. The maximum atomic E-state index is 11.5. The summed E-state index contributed by atoms with van der Waals surface area (Å²) in [6, 6.07) is 0.131. The van der Waals surface area contributed by atoms with Crippen LogP contribution in [0.1, 0.15) is 40.0 Å². The van der Waals surface area contributed by atoms with E-state index in [1.807, 2.05) is 20.8 Å². The van der Waals surface area contributed by atoms with Gasteiger partial charge in [-0.15, -0.1) is 0 Å². The maximum absolute atomic E-state index is 11.5. The molecular weight excluding hydrogens is 218 g/mol. The van der Waals surface area contributed by atoms with E-state index in [0.717, 1.165) is 6.42 Å². The van der Waals surface area contributed by atoms with Gasteiger partial charge in [0.2, 0.25) is 5.91 Å². The molecule has 98 valence electrons. The summed E-state index contributed by atoms with van der Waals surface area (Å²) in [5.41, 5.74) is 0. The Balaban J connectivity index is 3.87. The second kappa shape index (κ2) is 8.79. The van der Waals surface area contributed by atoms with Gasteiger partial charge in [0, 0.05) is 19.0 Å². The summed E-state index contributed by atoms with van der Waals surface area (Å²) < 4.78 is 5.02. The van der Waals surface area contributed by atoms with Crippen LogP contribution in [0.25, 0.3) is 0 Å². The van der Waals surface area contributed by atoms with Crippen LogP contribution in [-0.4, -0.2) is 36.0 Å². The molecule has 0 radical (unpaired) electrons. The largest absolute Gasteiger partial charge is 0.466 e. The quantitative estimate of drug-likeness (QED) is 0.371. The van der Waals surface area contributed by atoms with Crippen LogP contribution >= 0.6 is 0 Å². The van der Waals surface area contributed by atoms with E-state index in [9.17, 15) is 9.59 Å². The average Bonchev–Trinajstić information content (AvgIpc) is 2.28. The van der Waals surface area contributed by atoms with Crippen LogP contribution in [0.3, 0.4) is 0 Å². The lowest BCUT2D eigenvalue weighted by Crippen LogP contribution is -2.36. The number of rotatable bonds is 8. The van der Waals surface area contributed by atoms with Crippen molar-refractivity contribution in [2.24, 2.45) is 0 Å². The number of carbonyl (C=O) groups excluding carboxylic acids is 2. The third kappa shape index (κ3) is 6.76. The topological polar surface area (TPSA) is 46.6 Å². The molecule has 0 N–H and O–H groups in total. The van der Waals surface area contributed by atoms with Crippen molar-refractivity contribution in [3.8, 4) is 0 Å². The van der Waals surface area contributed by atoms with Crippen molar-refractivity contribution in [2.75, 3.05) is 13.2 Å². The highest BCUT2D eigenvalue weighted by molar-refractivity contribution is 5.87. The van der Waals surface area contributed by atoms with Gasteiger partial charge in [-0.1, -0.05) is 13.5 Å². The summed E-state index contributed by atoms with van der Waals surface area (Å²) in [5, 5.41) is 0. The maximum Gasteiger partial charge on any atom is 0.305 e. The highest BCUT2D eigenvalue weighted by Gasteiger charge is 2.13. The number of carbonyl (C=O) groups is 2. The van der Waals surface area contributed by atoms with E-state index in [2.05, 4.69) is 6.58 Å². The molecule has 0 rings (SSSR count). The van der Waals surface area contributed by atoms with Gasteiger partial charge in [0.15, 0.2) is 0 Å². The van der Waals surface area contributed by atoms with Crippen molar-refractivity contribution < 1.29 is 14.3 Å². The van der Waals surface area contributed by atoms with Gasteiger partial charge in [-0.2, -0.15) is 0 Å². The van der Waals surface area contributed by atoms with Gasteiger partial charge in [0.1, 0.15) is 0 Å². The Morgan fingerprint density at radius 2 is 2.06 bits per heavy atom. The Kier molecular flexibility index (Phi) is 8.11. The fourth-order valence-corrected chi connectivity index (χ4v) is 1.44. The van der Waals surface area contributed by atoms with Gasteiger partial charge < -0.3 is 9.64 Å². The zero-order chi connectivity index (χ0) is 13.3. The highest BCUT2D eigenvalue weighted by Crippen LogP contribution is 2.02. The lowest BCUT2D eigenvalue weighted by Gasteiger charge is -2.25. The normalized spacial score (nSPS) is 10.1. The van der Waals surface area contributed by atoms with Crippen molar-refractivity contribution in [1.82, 2.24) is 4.90 Å². The Morgan fingerprint density at radius 3 is 2.53 bits per heavy atom. The van der Waals surface area contributed by atoms with E-state index >= 15 is 0 Å². The third-order valence-electron chi connectivity index (χ3n) is 2.34. The Morgan fingerprint density at radius 1 is 1.41 bits per heavy atom. The van der Waals surface area contributed by atoms with Gasteiger partial charge in [0.25, 0.3) is 0 Å². The van der Waals surface area contributed by atoms with Crippen molar-refractivity contribution in [1.29, 1.82) is 0 Å². The number of nitrogens with zero attached hydrogens (tertiary/aromatic N) is 1. The molecule has 0 aromatic carbocycles. The second-order valence-electron chi connectivity index (χ2n) is 4.15. The number of hydrogen-bond donors (Lipinski definition) is 0. The number of ether oxygens (including phenoxy) is 1. The molecule has 0 heterocycles. The average molecular weight is 241 g/mol. The number of hydrogen-bond acceptors (Lipinski definition) is 3. The van der Waals surface area contributed by atoms with E-state index in [1.54, 1.807) is 4.90 Å². The van der Waals surface area contributed by atoms with Gasteiger partial charge in [-0.05, 0) is 32.8 Å². The van der Waals surface area contributed by atoms with Gasteiger partial charge in [-0.25, -0.2) is 0 Å². The Hall–Kier alpha value is -1.32. The molecule has 0 aliphatic carbocycles. The summed E-state index contributed by atoms with van der Waals surface area (Å²) in [5.74, 6) is -0.251. The van der Waals surface area contributed by atoms with Crippen LogP contribution in [0.5, 0.6) is 0 Å². The van der Waals surface area contributed by atoms with Gasteiger partial charge >= 0.3 is 5.97 Å². The van der Waals surface area contributed by atoms with E-state index in [1.165, 1.54) is 6.08 Å². The van der Waals surface area contributed by atoms with Crippen LogP contribution in [0.4, 0.5) is 0 Å². The fourth-order valence-electron chi connectivity index (χ4n) is 1.44. The zero-order valence-electron chi connectivity index (χ0n) is 11.1. The molecule has 1 amide bonds. The molecular formula is C13H23NO3. The molecule has 0 atom stereocenters. The molecule has 0 aromatic rings. The first-order valence-corrected chi connectivity index (χ1v) is 6.11. The van der Waals surface area contributed by atoms with Gasteiger partial charge in [0.05, 0.1) is 6.61 Å². The minimum Gasteiger partial charge on any atom is -0.466 e. The van der Waals surface area contributed by atoms with Crippen LogP contribution < -0.4 is 0 Å². The molecule has 4 nitrogen and oxygen atoms in total. The zero-order valence-corrected chi connectivity index (χ0v) is 11.1. The second-order valence-corrected chi connectivity index (χ2v) is 4.15. The minimum absolute atomic E-state index is 0.0834. The third-order valence-corrected chi connectivity index (χ3v) is 2.34. The molecule has 0 saturated heterocycles. The van der Waals surface area contributed by atoms with Crippen molar-refractivity contribution in [3.05, 3.63) is 12.7 Å². The standard InChI is InChI=1S/C13H23NO3/c1-5-8-13(16)17-10-7-9-14(11(3)4)12(15)6-2/h6,11H,2,5,7-10H2,1,3-4H3. The monoisotopic (exact) mass is 241 g/mol. The van der Waals surface area contributed by atoms with E-state index in [-0.39, 0.29) is 17.9 Å². The molecule has 0 aliphatic rings. The summed E-state index contributed by atoms with van der Waals surface area (Å²) in [7, 11) is 0. The summed E-state index contributed by atoms with van der Waals surface area (Å²) in [4.78, 5) is 24.3. The Labute approximate surface area is 104 Å². The van der Waals surface area contributed by atoms with Gasteiger partial charge in [-0.3, -0.25) is 9.59 Å². The molecule has 0 spiro atoms. The molecule has 0 saturated carbocycles. The van der Waals surface area contributed by atoms with Crippen LogP contribution in [0.2, 0.25) is 0 Å². The molecule has 0 aromatic heterocycles. The molecule has 0 bridgehead atoms. The van der Waals surface area contributed by atoms with Crippen LogP contribution in [-0.2, 0) is 14.3 Å². The molecule has 0 aliphatic heterocycles. The smallest absolute Gasteiger partial charge is 0.305 e. The summed E-state index contributed by atoms with van der Waals surface area (Å²) in [6.07, 6.45) is 3.22. The highest BCUT2D eigenvalue weighted by atomic mass is 16.5. The predicted octanol–water partition coefficient (Wildman–Crippen LogP) is 2.14. The first-order valence-electron chi connectivity index (χ1n) is 6.11. The molecule has 0 fully saturated rings. The van der Waals surface area contributed by atoms with E-state index in [4.69, 9.17) is 4.74 Å². The lowest BCUT2D eigenvalue weighted by molar-refractivity contribution is -0.143. The Bertz CT molecular complexity index is 261. The number of amides is 1. The molecule has 0 unspecified atom stereocenters. The minimum atomic E-state index is -0.168. The lowest BCUT2D eigenvalue weighted by atomic mass is 10.2. The summed E-state index contributed by atoms with van der Waals surface area (Å²) >= 11 is 0. The number of esters is 1. The van der Waals surface area contributed by atoms with Crippen molar-refractivity contribution >= 4 is 11.9 Å². The van der Waals surface area contributed by atoms with E-state index in [0.29, 0.717) is 26.0 Å². The predicted molar refractivity (Wildman–Crippen MR) is 67.5 cm³/mol. The van der Waals surface area contributed by atoms with Crippen molar-refractivity contribution in [2.45, 2.75) is 46.1 Å². The van der Waals surface area contributed by atoms with Crippen LogP contribution in [0.15, 0.2) is 12.7 Å². The first-order chi connectivity index (χ1) is 8.02.